The van der Waals surface area contributed by atoms with Gasteiger partial charge >= 0.3 is 0 Å². The van der Waals surface area contributed by atoms with Crippen molar-refractivity contribution in [3.05, 3.63) is 40.8 Å². The molecule has 0 aliphatic carbocycles. The lowest BCUT2D eigenvalue weighted by molar-refractivity contribution is -0.111. The third-order valence-electron chi connectivity index (χ3n) is 4.57. The van der Waals surface area contributed by atoms with Crippen LogP contribution in [-0.4, -0.2) is 56.3 Å². The highest BCUT2D eigenvalue weighted by atomic mass is 32.1. The van der Waals surface area contributed by atoms with Crippen LogP contribution in [-0.2, 0) is 4.79 Å². The van der Waals surface area contributed by atoms with E-state index in [-0.39, 0.29) is 18.0 Å². The molecule has 4 heterocycles. The molecule has 1 fully saturated rings. The van der Waals surface area contributed by atoms with Crippen molar-refractivity contribution in [2.75, 3.05) is 18.4 Å². The van der Waals surface area contributed by atoms with Gasteiger partial charge in [-0.2, -0.15) is 4.98 Å². The topological polar surface area (TPSA) is 113 Å². The number of pyridine rings is 1. The summed E-state index contributed by atoms with van der Waals surface area (Å²) < 4.78 is 0.675. The molecule has 2 N–H and O–H groups in total. The lowest BCUT2D eigenvalue weighted by Gasteiger charge is -2.38. The molecule has 1 aliphatic rings. The van der Waals surface area contributed by atoms with E-state index in [1.165, 1.54) is 11.3 Å². The number of amides is 2. The first kappa shape index (κ1) is 18.2. The highest BCUT2D eigenvalue weighted by Crippen LogP contribution is 2.27. The number of likely N-dealkylation sites (tertiary alicyclic amines) is 1. The van der Waals surface area contributed by atoms with Crippen LogP contribution in [0.3, 0.4) is 0 Å². The number of hydrogen-bond donors (Lipinski definition) is 2. The number of carbonyl (C=O) groups excluding carboxylic acids is 2. The zero-order valence-electron chi connectivity index (χ0n) is 15.4. The van der Waals surface area contributed by atoms with E-state index in [2.05, 4.69) is 30.6 Å². The van der Waals surface area contributed by atoms with Crippen molar-refractivity contribution in [3.8, 4) is 0 Å². The molecule has 9 nitrogen and oxygen atoms in total. The molecule has 10 heteroatoms. The molecule has 3 aromatic rings. The van der Waals surface area contributed by atoms with E-state index in [1.54, 1.807) is 17.3 Å². The predicted molar refractivity (Wildman–Crippen MR) is 105 cm³/mol. The Morgan fingerprint density at radius 3 is 2.89 bits per heavy atom. The second-order valence-corrected chi connectivity index (χ2v) is 7.83. The van der Waals surface area contributed by atoms with Crippen LogP contribution < -0.4 is 10.6 Å². The van der Waals surface area contributed by atoms with Crippen LogP contribution >= 0.6 is 11.3 Å². The van der Waals surface area contributed by atoms with E-state index in [4.69, 9.17) is 0 Å². The Morgan fingerprint density at radius 1 is 1.36 bits per heavy atom. The Labute approximate surface area is 165 Å². The molecule has 1 atom stereocenters. The molecule has 1 aliphatic heterocycles. The van der Waals surface area contributed by atoms with Gasteiger partial charge in [-0.1, -0.05) is 6.07 Å². The Bertz CT molecular complexity index is 1020. The first-order valence-corrected chi connectivity index (χ1v) is 9.67. The average molecular weight is 397 g/mol. The predicted octanol–water partition coefficient (Wildman–Crippen LogP) is 1.53. The molecule has 3 aromatic heterocycles. The summed E-state index contributed by atoms with van der Waals surface area (Å²) in [5, 5.41) is 6.73. The molecular weight excluding hydrogens is 378 g/mol. The number of aryl methyl sites for hydroxylation is 1. The Hall–Kier alpha value is -3.14. The normalized spacial score (nSPS) is 15.1. The van der Waals surface area contributed by atoms with Crippen molar-refractivity contribution in [1.29, 1.82) is 0 Å². The molecule has 0 radical (unpaired) electrons. The maximum atomic E-state index is 13.0. The van der Waals surface area contributed by atoms with Crippen LogP contribution in [0.15, 0.2) is 24.5 Å². The number of anilines is 1. The summed E-state index contributed by atoms with van der Waals surface area (Å²) in [6, 6.07) is 3.73. The standard InChI is InChI=1S/C18H19N7O2S/c1-10(12-4-3-5-19-6-12)21-18-23-14(15-16(24-18)22-11(2)28-15)17(27)25-7-13(8-25)20-9-26/h3-6,9-10,13H,7-8H2,1-2H3,(H,20,26)(H,21,23,24)/t10-/m0/s1. The van der Waals surface area contributed by atoms with Gasteiger partial charge in [-0.3, -0.25) is 14.6 Å². The maximum Gasteiger partial charge on any atom is 0.274 e. The number of carbonyl (C=O) groups is 2. The second kappa shape index (κ2) is 7.47. The van der Waals surface area contributed by atoms with Gasteiger partial charge in [0.05, 0.1) is 17.1 Å². The monoisotopic (exact) mass is 397 g/mol. The minimum absolute atomic E-state index is 0.00910. The van der Waals surface area contributed by atoms with Gasteiger partial charge in [0.15, 0.2) is 11.3 Å². The summed E-state index contributed by atoms with van der Waals surface area (Å²) in [6.07, 6.45) is 4.15. The SMILES string of the molecule is Cc1nc2nc(N[C@@H](C)c3cccnc3)nc(C(=O)N3CC(NC=O)C3)c2s1. The first-order chi connectivity index (χ1) is 13.5. The number of hydrogen-bond acceptors (Lipinski definition) is 8. The van der Waals surface area contributed by atoms with Crippen molar-refractivity contribution < 1.29 is 9.59 Å². The third-order valence-corrected chi connectivity index (χ3v) is 5.53. The molecule has 28 heavy (non-hydrogen) atoms. The Balaban J connectivity index is 1.62. The van der Waals surface area contributed by atoms with Crippen molar-refractivity contribution >= 4 is 39.9 Å². The van der Waals surface area contributed by atoms with Gasteiger partial charge in [-0.05, 0) is 25.5 Å². The molecule has 2 amide bonds. The Morgan fingerprint density at radius 2 is 2.18 bits per heavy atom. The van der Waals surface area contributed by atoms with Gasteiger partial charge in [0, 0.05) is 25.5 Å². The van der Waals surface area contributed by atoms with Gasteiger partial charge in [0.1, 0.15) is 4.70 Å². The molecule has 0 unspecified atom stereocenters. The van der Waals surface area contributed by atoms with Crippen molar-refractivity contribution in [1.82, 2.24) is 30.2 Å². The molecule has 0 spiro atoms. The fraction of sp³-hybridized carbons (Fsp3) is 0.333. The van der Waals surface area contributed by atoms with E-state index in [0.717, 1.165) is 10.6 Å². The van der Waals surface area contributed by atoms with Crippen molar-refractivity contribution in [2.45, 2.75) is 25.9 Å². The lowest BCUT2D eigenvalue weighted by atomic mass is 10.1. The summed E-state index contributed by atoms with van der Waals surface area (Å²) in [7, 11) is 0. The number of aromatic nitrogens is 4. The summed E-state index contributed by atoms with van der Waals surface area (Å²) in [6.45, 7) is 4.79. The fourth-order valence-electron chi connectivity index (χ4n) is 3.04. The van der Waals surface area contributed by atoms with Gasteiger partial charge in [-0.25, -0.2) is 9.97 Å². The third kappa shape index (κ3) is 3.50. The van der Waals surface area contributed by atoms with Gasteiger partial charge in [0.25, 0.3) is 5.91 Å². The van der Waals surface area contributed by atoms with Crippen molar-refractivity contribution in [2.24, 2.45) is 0 Å². The van der Waals surface area contributed by atoms with Gasteiger partial charge < -0.3 is 15.5 Å². The fourth-order valence-corrected chi connectivity index (χ4v) is 3.88. The number of fused-ring (bicyclic) bond motifs is 1. The van der Waals surface area contributed by atoms with E-state index < -0.39 is 0 Å². The zero-order chi connectivity index (χ0) is 19.7. The zero-order valence-corrected chi connectivity index (χ0v) is 16.2. The Kier molecular flexibility index (Phi) is 4.86. The summed E-state index contributed by atoms with van der Waals surface area (Å²) >= 11 is 1.40. The van der Waals surface area contributed by atoms with E-state index in [0.29, 0.717) is 41.5 Å². The van der Waals surface area contributed by atoms with E-state index in [9.17, 15) is 9.59 Å². The molecule has 0 bridgehead atoms. The molecule has 144 valence electrons. The molecule has 0 aromatic carbocycles. The van der Waals surface area contributed by atoms with Crippen LogP contribution in [0, 0.1) is 6.92 Å². The average Bonchev–Trinajstić information content (AvgIpc) is 3.04. The highest BCUT2D eigenvalue weighted by molar-refractivity contribution is 7.18. The van der Waals surface area contributed by atoms with Crippen LogP contribution in [0.2, 0.25) is 0 Å². The molecule has 0 saturated carbocycles. The molecule has 4 rings (SSSR count). The first-order valence-electron chi connectivity index (χ1n) is 8.85. The van der Waals surface area contributed by atoms with Crippen LogP contribution in [0.4, 0.5) is 5.95 Å². The maximum absolute atomic E-state index is 13.0. The van der Waals surface area contributed by atoms with Gasteiger partial charge in [-0.15, -0.1) is 11.3 Å². The quantitative estimate of drug-likeness (QED) is 0.607. The molecule has 1 saturated heterocycles. The van der Waals surface area contributed by atoms with Gasteiger partial charge in [0.2, 0.25) is 12.4 Å². The van der Waals surface area contributed by atoms with Crippen molar-refractivity contribution in [3.63, 3.8) is 0 Å². The largest absolute Gasteiger partial charge is 0.352 e. The number of nitrogens with one attached hydrogen (secondary N) is 2. The smallest absolute Gasteiger partial charge is 0.274 e. The van der Waals surface area contributed by atoms with Crippen LogP contribution in [0.1, 0.15) is 34.0 Å². The number of nitrogens with zero attached hydrogens (tertiary/aromatic N) is 5. The van der Waals surface area contributed by atoms with Crippen LogP contribution in [0.25, 0.3) is 10.3 Å². The minimum atomic E-state index is -0.183. The second-order valence-electron chi connectivity index (χ2n) is 6.63. The minimum Gasteiger partial charge on any atom is -0.352 e. The number of thiazole rings is 1. The lowest BCUT2D eigenvalue weighted by Crippen LogP contribution is -2.59. The van der Waals surface area contributed by atoms with Crippen LogP contribution in [0.5, 0.6) is 0 Å². The summed E-state index contributed by atoms with van der Waals surface area (Å²) in [4.78, 5) is 42.7. The molecular formula is C18H19N7O2S. The number of rotatable bonds is 6. The van der Waals surface area contributed by atoms with E-state index >= 15 is 0 Å². The van der Waals surface area contributed by atoms with E-state index in [1.807, 2.05) is 26.0 Å². The summed E-state index contributed by atoms with van der Waals surface area (Å²) in [5.74, 6) is 0.165. The highest BCUT2D eigenvalue weighted by Gasteiger charge is 2.33. The summed E-state index contributed by atoms with van der Waals surface area (Å²) in [5.41, 5.74) is 1.82.